The molecular weight excluding hydrogens is 304 g/mol. The maximum absolute atomic E-state index is 12.0. The number of hydrogen-bond donors (Lipinski definition) is 2. The summed E-state index contributed by atoms with van der Waals surface area (Å²) in [5.41, 5.74) is 2.75. The number of anilines is 1. The van der Waals surface area contributed by atoms with E-state index in [9.17, 15) is 9.59 Å². The molecule has 0 radical (unpaired) electrons. The summed E-state index contributed by atoms with van der Waals surface area (Å²) < 4.78 is 5.52. The van der Waals surface area contributed by atoms with Gasteiger partial charge in [-0.3, -0.25) is 9.59 Å². The molecule has 0 aliphatic heterocycles. The van der Waals surface area contributed by atoms with E-state index < -0.39 is 6.10 Å². The van der Waals surface area contributed by atoms with Crippen molar-refractivity contribution in [2.75, 3.05) is 11.9 Å². The molecule has 0 heterocycles. The van der Waals surface area contributed by atoms with Crippen molar-refractivity contribution in [3.05, 3.63) is 59.7 Å². The summed E-state index contributed by atoms with van der Waals surface area (Å²) in [5, 5.41) is 5.41. The second-order valence-electron chi connectivity index (χ2n) is 5.61. The number of aryl methyl sites for hydroxylation is 2. The van der Waals surface area contributed by atoms with Crippen LogP contribution in [-0.4, -0.2) is 24.5 Å². The number of benzene rings is 2. The first-order valence-electron chi connectivity index (χ1n) is 7.83. The molecule has 2 rings (SSSR count). The molecule has 24 heavy (non-hydrogen) atoms. The maximum atomic E-state index is 12.0. The van der Waals surface area contributed by atoms with Gasteiger partial charge >= 0.3 is 0 Å². The zero-order valence-electron chi connectivity index (χ0n) is 14.1. The molecule has 0 saturated carbocycles. The molecule has 0 fully saturated rings. The number of carbonyl (C=O) groups is 2. The zero-order chi connectivity index (χ0) is 17.5. The molecule has 0 aliphatic carbocycles. The summed E-state index contributed by atoms with van der Waals surface area (Å²) in [6.07, 6.45) is -0.680. The van der Waals surface area contributed by atoms with E-state index >= 15 is 0 Å². The Morgan fingerprint density at radius 1 is 1.00 bits per heavy atom. The highest BCUT2D eigenvalue weighted by Crippen LogP contribution is 2.19. The fourth-order valence-corrected chi connectivity index (χ4v) is 2.26. The van der Waals surface area contributed by atoms with Crippen LogP contribution in [0.15, 0.2) is 48.5 Å². The molecule has 5 nitrogen and oxygen atoms in total. The topological polar surface area (TPSA) is 67.4 Å². The van der Waals surface area contributed by atoms with Crippen molar-refractivity contribution >= 4 is 17.5 Å². The number of rotatable bonds is 6. The van der Waals surface area contributed by atoms with Crippen LogP contribution in [0, 0.1) is 13.8 Å². The first-order chi connectivity index (χ1) is 11.5. The maximum Gasteiger partial charge on any atom is 0.261 e. The lowest BCUT2D eigenvalue weighted by Gasteiger charge is -2.15. The molecule has 1 atom stereocenters. The predicted octanol–water partition coefficient (Wildman–Crippen LogP) is 2.83. The highest BCUT2D eigenvalue weighted by atomic mass is 16.5. The van der Waals surface area contributed by atoms with Crippen LogP contribution in [0.4, 0.5) is 5.69 Å². The summed E-state index contributed by atoms with van der Waals surface area (Å²) in [6.45, 7) is 5.40. The molecule has 2 aromatic carbocycles. The van der Waals surface area contributed by atoms with Crippen molar-refractivity contribution < 1.29 is 14.3 Å². The van der Waals surface area contributed by atoms with Gasteiger partial charge in [0.1, 0.15) is 5.75 Å². The lowest BCUT2D eigenvalue weighted by molar-refractivity contribution is -0.129. The van der Waals surface area contributed by atoms with Crippen LogP contribution in [0.25, 0.3) is 0 Å². The Bertz CT molecular complexity index is 694. The van der Waals surface area contributed by atoms with Crippen LogP contribution in [-0.2, 0) is 9.59 Å². The molecule has 2 aromatic rings. The van der Waals surface area contributed by atoms with E-state index in [-0.39, 0.29) is 18.4 Å². The average molecular weight is 326 g/mol. The standard InChI is InChI=1S/C19H22N2O3/c1-13-8-7-9-14(2)18(13)21-17(22)12-20-19(23)15(3)24-16-10-5-4-6-11-16/h4-11,15H,12H2,1-3H3,(H,20,23)(H,21,22)/t15-/m1/s1. The van der Waals surface area contributed by atoms with Gasteiger partial charge < -0.3 is 15.4 Å². The van der Waals surface area contributed by atoms with Crippen molar-refractivity contribution in [3.8, 4) is 5.75 Å². The molecular formula is C19H22N2O3. The van der Waals surface area contributed by atoms with E-state index in [1.807, 2.05) is 50.2 Å². The minimum atomic E-state index is -0.680. The minimum Gasteiger partial charge on any atom is -0.481 e. The number of para-hydroxylation sites is 2. The largest absolute Gasteiger partial charge is 0.481 e. The van der Waals surface area contributed by atoms with Crippen LogP contribution in [0.5, 0.6) is 5.75 Å². The minimum absolute atomic E-state index is 0.102. The zero-order valence-corrected chi connectivity index (χ0v) is 14.1. The van der Waals surface area contributed by atoms with Crippen LogP contribution >= 0.6 is 0 Å². The molecule has 0 unspecified atom stereocenters. The van der Waals surface area contributed by atoms with Crippen LogP contribution < -0.4 is 15.4 Å². The van der Waals surface area contributed by atoms with Gasteiger partial charge in [-0.25, -0.2) is 0 Å². The molecule has 2 amide bonds. The molecule has 0 saturated heterocycles. The molecule has 5 heteroatoms. The third-order valence-electron chi connectivity index (χ3n) is 3.59. The van der Waals surface area contributed by atoms with Gasteiger partial charge in [-0.2, -0.15) is 0 Å². The summed E-state index contributed by atoms with van der Waals surface area (Å²) in [4.78, 5) is 24.1. The Kier molecular flexibility index (Phi) is 5.95. The highest BCUT2D eigenvalue weighted by Gasteiger charge is 2.16. The number of ether oxygens (including phenoxy) is 1. The highest BCUT2D eigenvalue weighted by molar-refractivity contribution is 5.96. The number of amides is 2. The number of carbonyl (C=O) groups excluding carboxylic acids is 2. The van der Waals surface area contributed by atoms with Gasteiger partial charge in [0.15, 0.2) is 6.10 Å². The van der Waals surface area contributed by atoms with Crippen LogP contribution in [0.2, 0.25) is 0 Å². The van der Waals surface area contributed by atoms with Gasteiger partial charge in [0, 0.05) is 5.69 Å². The first-order valence-corrected chi connectivity index (χ1v) is 7.83. The molecule has 0 aliphatic rings. The Morgan fingerprint density at radius 2 is 1.62 bits per heavy atom. The fraction of sp³-hybridized carbons (Fsp3) is 0.263. The molecule has 0 aromatic heterocycles. The molecule has 126 valence electrons. The van der Waals surface area contributed by atoms with E-state index in [2.05, 4.69) is 10.6 Å². The second-order valence-corrected chi connectivity index (χ2v) is 5.61. The van der Waals surface area contributed by atoms with Crippen molar-refractivity contribution in [3.63, 3.8) is 0 Å². The lowest BCUT2D eigenvalue weighted by Crippen LogP contribution is -2.40. The Labute approximate surface area is 142 Å². The van der Waals surface area contributed by atoms with Gasteiger partial charge in [-0.05, 0) is 44.0 Å². The van der Waals surface area contributed by atoms with Crippen LogP contribution in [0.1, 0.15) is 18.1 Å². The van der Waals surface area contributed by atoms with Crippen molar-refractivity contribution in [1.82, 2.24) is 5.32 Å². The van der Waals surface area contributed by atoms with Crippen LogP contribution in [0.3, 0.4) is 0 Å². The predicted molar refractivity (Wildman–Crippen MR) is 94.1 cm³/mol. The normalized spacial score (nSPS) is 11.5. The average Bonchev–Trinajstić information content (AvgIpc) is 2.57. The van der Waals surface area contributed by atoms with E-state index in [1.54, 1.807) is 19.1 Å². The summed E-state index contributed by atoms with van der Waals surface area (Å²) in [5.74, 6) is 0.00306. The van der Waals surface area contributed by atoms with Gasteiger partial charge in [-0.1, -0.05) is 36.4 Å². The third-order valence-corrected chi connectivity index (χ3v) is 3.59. The van der Waals surface area contributed by atoms with Gasteiger partial charge in [0.05, 0.1) is 6.54 Å². The van der Waals surface area contributed by atoms with Crippen molar-refractivity contribution in [2.45, 2.75) is 26.9 Å². The molecule has 2 N–H and O–H groups in total. The SMILES string of the molecule is Cc1cccc(C)c1NC(=O)CNC(=O)[C@@H](C)Oc1ccccc1. The van der Waals surface area contributed by atoms with E-state index in [0.717, 1.165) is 16.8 Å². The quantitative estimate of drug-likeness (QED) is 0.858. The van der Waals surface area contributed by atoms with Crippen molar-refractivity contribution in [1.29, 1.82) is 0 Å². The van der Waals surface area contributed by atoms with Gasteiger partial charge in [-0.15, -0.1) is 0 Å². The second kappa shape index (κ2) is 8.15. The smallest absolute Gasteiger partial charge is 0.261 e. The monoisotopic (exact) mass is 326 g/mol. The Hall–Kier alpha value is -2.82. The van der Waals surface area contributed by atoms with Gasteiger partial charge in [0.2, 0.25) is 5.91 Å². The number of nitrogens with one attached hydrogen (secondary N) is 2. The van der Waals surface area contributed by atoms with Gasteiger partial charge in [0.25, 0.3) is 5.91 Å². The Morgan fingerprint density at radius 3 is 2.25 bits per heavy atom. The van der Waals surface area contributed by atoms with E-state index in [4.69, 9.17) is 4.74 Å². The molecule has 0 bridgehead atoms. The lowest BCUT2D eigenvalue weighted by atomic mass is 10.1. The Balaban J connectivity index is 1.84. The van der Waals surface area contributed by atoms with Crippen molar-refractivity contribution in [2.24, 2.45) is 0 Å². The summed E-state index contributed by atoms with van der Waals surface area (Å²) in [6, 6.07) is 14.9. The molecule has 0 spiro atoms. The summed E-state index contributed by atoms with van der Waals surface area (Å²) >= 11 is 0. The fourth-order valence-electron chi connectivity index (χ4n) is 2.26. The van der Waals surface area contributed by atoms with E-state index in [1.165, 1.54) is 0 Å². The number of hydrogen-bond acceptors (Lipinski definition) is 3. The third kappa shape index (κ3) is 4.84. The first kappa shape index (κ1) is 17.5. The van der Waals surface area contributed by atoms with E-state index in [0.29, 0.717) is 5.75 Å². The summed E-state index contributed by atoms with van der Waals surface area (Å²) in [7, 11) is 0.